The number of nitrogens with zero attached hydrogens (tertiary/aromatic N) is 3. The van der Waals surface area contributed by atoms with Gasteiger partial charge in [-0.1, -0.05) is 0 Å². The Kier molecular flexibility index (Phi) is 2.25. The van der Waals surface area contributed by atoms with E-state index in [0.717, 1.165) is 25.9 Å². The Morgan fingerprint density at radius 2 is 2.15 bits per heavy atom. The van der Waals surface area contributed by atoms with Crippen LogP contribution >= 0.6 is 0 Å². The standard InChI is InChI=1S/C8H12N4O/c13-8(7-9-6-10-11-7)12-4-2-1-3-5-12/h6H,1-5H2,(H,9,10,11). The number of nitrogens with one attached hydrogen (secondary N) is 1. The van der Waals surface area contributed by atoms with Gasteiger partial charge in [0.1, 0.15) is 6.33 Å². The lowest BCUT2D eigenvalue weighted by Gasteiger charge is -2.25. The number of carbonyl (C=O) groups is 1. The van der Waals surface area contributed by atoms with Crippen LogP contribution in [0.5, 0.6) is 0 Å². The molecule has 2 rings (SSSR count). The van der Waals surface area contributed by atoms with E-state index >= 15 is 0 Å². The van der Waals surface area contributed by atoms with Gasteiger partial charge in [-0.3, -0.25) is 9.89 Å². The Bertz CT molecular complexity index is 276. The van der Waals surface area contributed by atoms with Crippen LogP contribution in [-0.4, -0.2) is 39.1 Å². The van der Waals surface area contributed by atoms with Gasteiger partial charge < -0.3 is 4.90 Å². The molecule has 5 nitrogen and oxygen atoms in total. The van der Waals surface area contributed by atoms with Crippen molar-refractivity contribution in [1.29, 1.82) is 0 Å². The van der Waals surface area contributed by atoms with E-state index in [9.17, 15) is 4.79 Å². The normalized spacial score (nSPS) is 17.4. The molecule has 1 aromatic heterocycles. The van der Waals surface area contributed by atoms with E-state index in [1.54, 1.807) is 0 Å². The molecule has 0 bridgehead atoms. The van der Waals surface area contributed by atoms with E-state index in [2.05, 4.69) is 15.2 Å². The Hall–Kier alpha value is -1.39. The number of H-pyrrole nitrogens is 1. The molecule has 2 heterocycles. The van der Waals surface area contributed by atoms with Gasteiger partial charge in [0.05, 0.1) is 0 Å². The highest BCUT2D eigenvalue weighted by Crippen LogP contribution is 2.10. The van der Waals surface area contributed by atoms with Crippen LogP contribution in [0.25, 0.3) is 0 Å². The summed E-state index contributed by atoms with van der Waals surface area (Å²) in [5.74, 6) is 0.319. The van der Waals surface area contributed by atoms with Crippen molar-refractivity contribution in [2.24, 2.45) is 0 Å². The van der Waals surface area contributed by atoms with Crippen LogP contribution in [0.2, 0.25) is 0 Å². The van der Waals surface area contributed by atoms with Gasteiger partial charge in [-0.15, -0.1) is 0 Å². The summed E-state index contributed by atoms with van der Waals surface area (Å²) < 4.78 is 0. The maximum Gasteiger partial charge on any atom is 0.291 e. The van der Waals surface area contributed by atoms with Gasteiger partial charge in [-0.05, 0) is 19.3 Å². The molecule has 1 saturated heterocycles. The molecule has 0 atom stereocenters. The summed E-state index contributed by atoms with van der Waals surface area (Å²) in [6.07, 6.45) is 4.77. The van der Waals surface area contributed by atoms with Gasteiger partial charge in [-0.25, -0.2) is 4.98 Å². The monoisotopic (exact) mass is 180 g/mol. The second-order valence-electron chi connectivity index (χ2n) is 3.19. The lowest BCUT2D eigenvalue weighted by atomic mass is 10.1. The molecular weight excluding hydrogens is 168 g/mol. The molecule has 0 saturated carbocycles. The molecule has 70 valence electrons. The van der Waals surface area contributed by atoms with Crippen molar-refractivity contribution in [1.82, 2.24) is 20.1 Å². The first-order chi connectivity index (χ1) is 6.38. The second kappa shape index (κ2) is 3.55. The number of amides is 1. The molecule has 0 spiro atoms. The van der Waals surface area contributed by atoms with Crippen LogP contribution in [0.1, 0.15) is 29.9 Å². The number of aromatic nitrogens is 3. The van der Waals surface area contributed by atoms with Gasteiger partial charge >= 0.3 is 0 Å². The highest BCUT2D eigenvalue weighted by molar-refractivity contribution is 5.90. The lowest BCUT2D eigenvalue weighted by Crippen LogP contribution is -2.36. The lowest BCUT2D eigenvalue weighted by molar-refractivity contribution is 0.0712. The van der Waals surface area contributed by atoms with Gasteiger partial charge in [0, 0.05) is 13.1 Å². The summed E-state index contributed by atoms with van der Waals surface area (Å²) in [6.45, 7) is 1.69. The molecule has 0 radical (unpaired) electrons. The Morgan fingerprint density at radius 1 is 1.38 bits per heavy atom. The molecule has 0 aromatic carbocycles. The number of carbonyl (C=O) groups excluding carboxylic acids is 1. The number of piperidine rings is 1. The average molecular weight is 180 g/mol. The van der Waals surface area contributed by atoms with Gasteiger partial charge in [-0.2, -0.15) is 5.10 Å². The fourth-order valence-electron chi connectivity index (χ4n) is 1.56. The summed E-state index contributed by atoms with van der Waals surface area (Å²) in [5, 5.41) is 6.24. The molecule has 0 unspecified atom stereocenters. The van der Waals surface area contributed by atoms with E-state index in [-0.39, 0.29) is 5.91 Å². The Labute approximate surface area is 76.2 Å². The van der Waals surface area contributed by atoms with Crippen LogP contribution in [0.3, 0.4) is 0 Å². The average Bonchev–Trinajstić information content (AvgIpc) is 2.71. The van der Waals surface area contributed by atoms with E-state index in [0.29, 0.717) is 5.82 Å². The minimum atomic E-state index is -0.0304. The van der Waals surface area contributed by atoms with Gasteiger partial charge in [0.2, 0.25) is 5.82 Å². The maximum absolute atomic E-state index is 11.7. The quantitative estimate of drug-likeness (QED) is 0.681. The molecular formula is C8H12N4O. The predicted molar refractivity (Wildman–Crippen MR) is 46.1 cm³/mol. The van der Waals surface area contributed by atoms with Gasteiger partial charge in [0.25, 0.3) is 5.91 Å². The van der Waals surface area contributed by atoms with E-state index < -0.39 is 0 Å². The Morgan fingerprint density at radius 3 is 2.77 bits per heavy atom. The minimum absolute atomic E-state index is 0.0304. The molecule has 5 heteroatoms. The molecule has 1 aliphatic heterocycles. The molecule has 0 aliphatic carbocycles. The minimum Gasteiger partial charge on any atom is -0.336 e. The van der Waals surface area contributed by atoms with E-state index in [1.165, 1.54) is 12.7 Å². The third kappa shape index (κ3) is 1.68. The zero-order valence-corrected chi connectivity index (χ0v) is 7.36. The first-order valence-corrected chi connectivity index (χ1v) is 4.52. The van der Waals surface area contributed by atoms with Crippen molar-refractivity contribution in [3.05, 3.63) is 12.2 Å². The van der Waals surface area contributed by atoms with E-state index in [1.807, 2.05) is 4.90 Å². The van der Waals surface area contributed by atoms with Gasteiger partial charge in [0.15, 0.2) is 0 Å². The molecule has 1 aromatic rings. The summed E-state index contributed by atoms with van der Waals surface area (Å²) in [4.78, 5) is 17.3. The Balaban J connectivity index is 2.04. The van der Waals surface area contributed by atoms with Crippen molar-refractivity contribution in [3.8, 4) is 0 Å². The summed E-state index contributed by atoms with van der Waals surface area (Å²) >= 11 is 0. The largest absolute Gasteiger partial charge is 0.336 e. The fourth-order valence-corrected chi connectivity index (χ4v) is 1.56. The topological polar surface area (TPSA) is 61.9 Å². The highest BCUT2D eigenvalue weighted by atomic mass is 16.2. The first kappa shape index (κ1) is 8.22. The third-order valence-electron chi connectivity index (χ3n) is 2.26. The molecule has 13 heavy (non-hydrogen) atoms. The first-order valence-electron chi connectivity index (χ1n) is 4.52. The summed E-state index contributed by atoms with van der Waals surface area (Å²) in [7, 11) is 0. The fraction of sp³-hybridized carbons (Fsp3) is 0.625. The van der Waals surface area contributed by atoms with Crippen LogP contribution in [0, 0.1) is 0 Å². The molecule has 1 aliphatic rings. The van der Waals surface area contributed by atoms with Crippen LogP contribution in [0.15, 0.2) is 6.33 Å². The number of hydrogen-bond donors (Lipinski definition) is 1. The SMILES string of the molecule is O=C(c1ncn[nH]1)N1CCCCC1. The number of rotatable bonds is 1. The molecule has 1 fully saturated rings. The van der Waals surface area contributed by atoms with Crippen molar-refractivity contribution in [3.63, 3.8) is 0 Å². The van der Waals surface area contributed by atoms with Crippen LogP contribution in [0.4, 0.5) is 0 Å². The predicted octanol–water partition coefficient (Wildman–Crippen LogP) is 0.431. The summed E-state index contributed by atoms with van der Waals surface area (Å²) in [6, 6.07) is 0. The molecule has 1 amide bonds. The maximum atomic E-state index is 11.7. The van der Waals surface area contributed by atoms with Crippen molar-refractivity contribution < 1.29 is 4.79 Å². The third-order valence-corrected chi connectivity index (χ3v) is 2.26. The van der Waals surface area contributed by atoms with Crippen molar-refractivity contribution in [2.75, 3.05) is 13.1 Å². The molecule has 1 N–H and O–H groups in total. The van der Waals surface area contributed by atoms with Crippen molar-refractivity contribution >= 4 is 5.91 Å². The smallest absolute Gasteiger partial charge is 0.291 e. The summed E-state index contributed by atoms with van der Waals surface area (Å²) in [5.41, 5.74) is 0. The number of hydrogen-bond acceptors (Lipinski definition) is 3. The van der Waals surface area contributed by atoms with E-state index in [4.69, 9.17) is 0 Å². The number of aromatic amines is 1. The zero-order chi connectivity index (χ0) is 9.10. The van der Waals surface area contributed by atoms with Crippen molar-refractivity contribution in [2.45, 2.75) is 19.3 Å². The second-order valence-corrected chi connectivity index (χ2v) is 3.19. The van der Waals surface area contributed by atoms with Crippen LogP contribution in [-0.2, 0) is 0 Å². The highest BCUT2D eigenvalue weighted by Gasteiger charge is 2.19. The zero-order valence-electron chi connectivity index (χ0n) is 7.36. The number of likely N-dealkylation sites (tertiary alicyclic amines) is 1. The van der Waals surface area contributed by atoms with Crippen LogP contribution < -0.4 is 0 Å².